The number of hydrazone groups is 1. The van der Waals surface area contributed by atoms with Crippen molar-refractivity contribution in [1.82, 2.24) is 4.98 Å². The van der Waals surface area contributed by atoms with Gasteiger partial charge in [-0.2, -0.15) is 5.10 Å². The maximum Gasteiger partial charge on any atom is 0.203 e. The lowest BCUT2D eigenvalue weighted by molar-refractivity contribution is 0.294. The molecule has 0 aliphatic rings. The number of benzene rings is 1. The highest BCUT2D eigenvalue weighted by Gasteiger charge is 2.04. The monoisotopic (exact) mass is 291 g/mol. The van der Waals surface area contributed by atoms with Gasteiger partial charge in [0, 0.05) is 11.6 Å². The molecule has 0 saturated carbocycles. The van der Waals surface area contributed by atoms with Gasteiger partial charge in [-0.3, -0.25) is 5.43 Å². The summed E-state index contributed by atoms with van der Waals surface area (Å²) < 4.78 is 10.9. The molecule has 1 N–H and O–H groups in total. The molecular weight excluding hydrogens is 274 g/mol. The van der Waals surface area contributed by atoms with Crippen molar-refractivity contribution in [1.29, 1.82) is 0 Å². The van der Waals surface area contributed by atoms with E-state index in [2.05, 4.69) is 22.4 Å². The molecule has 0 amide bonds. The van der Waals surface area contributed by atoms with Crippen LogP contribution in [0.2, 0.25) is 0 Å². The third-order valence-electron chi connectivity index (χ3n) is 2.46. The van der Waals surface area contributed by atoms with Gasteiger partial charge in [0.25, 0.3) is 0 Å². The highest BCUT2D eigenvalue weighted by molar-refractivity contribution is 7.13. The molecule has 2 aromatic rings. The molecule has 1 aromatic carbocycles. The summed E-state index contributed by atoms with van der Waals surface area (Å²) in [5.74, 6) is 1.45. The molecule has 0 unspecified atom stereocenters. The lowest BCUT2D eigenvalue weighted by atomic mass is 10.2. The lowest BCUT2D eigenvalue weighted by Gasteiger charge is -2.10. The fourth-order valence-electron chi connectivity index (χ4n) is 1.54. The van der Waals surface area contributed by atoms with Gasteiger partial charge in [0.2, 0.25) is 5.13 Å². The van der Waals surface area contributed by atoms with Crippen molar-refractivity contribution >= 4 is 22.7 Å². The summed E-state index contributed by atoms with van der Waals surface area (Å²) in [5, 5.41) is 6.78. The van der Waals surface area contributed by atoms with E-state index in [-0.39, 0.29) is 0 Å². The standard InChI is InChI=1S/C14H17N3O2S/c1-3-7-19-12-5-4-11(9-13(12)18-2)10-16-17-14-15-6-8-20-14/h4-6,8-10H,3,7H2,1-2H3,(H,15,17)/b16-10-. The second-order valence-corrected chi connectivity index (χ2v) is 4.86. The number of anilines is 1. The molecule has 0 fully saturated rings. The number of rotatable bonds is 7. The Labute approximate surface area is 122 Å². The normalized spacial score (nSPS) is 10.7. The van der Waals surface area contributed by atoms with Crippen molar-refractivity contribution < 1.29 is 9.47 Å². The predicted octanol–water partition coefficient (Wildman–Crippen LogP) is 3.39. The first-order valence-corrected chi connectivity index (χ1v) is 7.21. The number of nitrogens with one attached hydrogen (secondary N) is 1. The molecule has 0 radical (unpaired) electrons. The molecule has 0 atom stereocenters. The summed E-state index contributed by atoms with van der Waals surface area (Å²) in [7, 11) is 1.63. The van der Waals surface area contributed by atoms with E-state index < -0.39 is 0 Å². The zero-order chi connectivity index (χ0) is 14.2. The molecule has 1 heterocycles. The number of methoxy groups -OCH3 is 1. The minimum Gasteiger partial charge on any atom is -0.493 e. The van der Waals surface area contributed by atoms with Crippen molar-refractivity contribution in [2.24, 2.45) is 5.10 Å². The smallest absolute Gasteiger partial charge is 0.203 e. The van der Waals surface area contributed by atoms with Crippen molar-refractivity contribution in [3.63, 3.8) is 0 Å². The van der Waals surface area contributed by atoms with Crippen LogP contribution in [0.5, 0.6) is 11.5 Å². The second-order valence-electron chi connectivity index (χ2n) is 3.97. The minimum atomic E-state index is 0.676. The van der Waals surface area contributed by atoms with E-state index in [1.807, 2.05) is 23.6 Å². The Hall–Kier alpha value is -2.08. The molecule has 0 aliphatic carbocycles. The third kappa shape index (κ3) is 3.96. The van der Waals surface area contributed by atoms with E-state index in [4.69, 9.17) is 9.47 Å². The average molecular weight is 291 g/mol. The molecular formula is C14H17N3O2S. The van der Waals surface area contributed by atoms with Gasteiger partial charge >= 0.3 is 0 Å². The topological polar surface area (TPSA) is 55.7 Å². The van der Waals surface area contributed by atoms with E-state index in [1.165, 1.54) is 11.3 Å². The van der Waals surface area contributed by atoms with Crippen molar-refractivity contribution in [2.75, 3.05) is 19.1 Å². The number of aromatic nitrogens is 1. The summed E-state index contributed by atoms with van der Waals surface area (Å²) in [6.07, 6.45) is 4.41. The largest absolute Gasteiger partial charge is 0.493 e. The van der Waals surface area contributed by atoms with E-state index in [9.17, 15) is 0 Å². The van der Waals surface area contributed by atoms with Crippen LogP contribution in [0.15, 0.2) is 34.9 Å². The average Bonchev–Trinajstić information content (AvgIpc) is 2.99. The number of nitrogens with zero attached hydrogens (tertiary/aromatic N) is 2. The molecule has 0 bridgehead atoms. The molecule has 106 valence electrons. The fraction of sp³-hybridized carbons (Fsp3) is 0.286. The molecule has 20 heavy (non-hydrogen) atoms. The number of thiazole rings is 1. The fourth-order valence-corrected chi connectivity index (χ4v) is 2.01. The highest BCUT2D eigenvalue weighted by Crippen LogP contribution is 2.27. The van der Waals surface area contributed by atoms with Crippen LogP contribution in [0.4, 0.5) is 5.13 Å². The predicted molar refractivity (Wildman–Crippen MR) is 82.1 cm³/mol. The summed E-state index contributed by atoms with van der Waals surface area (Å²) in [4.78, 5) is 4.08. The summed E-state index contributed by atoms with van der Waals surface area (Å²) in [6.45, 7) is 2.74. The van der Waals surface area contributed by atoms with Gasteiger partial charge in [0.1, 0.15) is 0 Å². The number of ether oxygens (including phenoxy) is 2. The molecule has 0 saturated heterocycles. The Kier molecular flexibility index (Phi) is 5.37. The molecule has 6 heteroatoms. The van der Waals surface area contributed by atoms with Gasteiger partial charge in [0.05, 0.1) is 19.9 Å². The van der Waals surface area contributed by atoms with Crippen molar-refractivity contribution in [3.05, 3.63) is 35.3 Å². The highest BCUT2D eigenvalue weighted by atomic mass is 32.1. The van der Waals surface area contributed by atoms with Crippen LogP contribution in [0.25, 0.3) is 0 Å². The van der Waals surface area contributed by atoms with Crippen LogP contribution in [0.1, 0.15) is 18.9 Å². The van der Waals surface area contributed by atoms with Crippen LogP contribution in [-0.2, 0) is 0 Å². The zero-order valence-electron chi connectivity index (χ0n) is 11.5. The first kappa shape index (κ1) is 14.3. The lowest BCUT2D eigenvalue weighted by Crippen LogP contribution is -1.98. The molecule has 1 aromatic heterocycles. The van der Waals surface area contributed by atoms with Gasteiger partial charge < -0.3 is 9.47 Å². The van der Waals surface area contributed by atoms with E-state index in [0.29, 0.717) is 12.4 Å². The Balaban J connectivity index is 2.03. The van der Waals surface area contributed by atoms with Crippen molar-refractivity contribution in [3.8, 4) is 11.5 Å². The van der Waals surface area contributed by atoms with Crippen LogP contribution < -0.4 is 14.9 Å². The maximum atomic E-state index is 5.60. The van der Waals surface area contributed by atoms with Crippen molar-refractivity contribution in [2.45, 2.75) is 13.3 Å². The zero-order valence-corrected chi connectivity index (χ0v) is 12.3. The van der Waals surface area contributed by atoms with Crippen LogP contribution >= 0.6 is 11.3 Å². The molecule has 0 aliphatic heterocycles. The summed E-state index contributed by atoms with van der Waals surface area (Å²) in [5.41, 5.74) is 3.79. The van der Waals surface area contributed by atoms with Crippen LogP contribution in [-0.4, -0.2) is 24.9 Å². The Bertz CT molecular complexity index is 556. The van der Waals surface area contributed by atoms with Crippen LogP contribution in [0.3, 0.4) is 0 Å². The van der Waals surface area contributed by atoms with Crippen LogP contribution in [0, 0.1) is 0 Å². The van der Waals surface area contributed by atoms with Gasteiger partial charge in [-0.15, -0.1) is 11.3 Å². The first-order chi connectivity index (χ1) is 9.83. The van der Waals surface area contributed by atoms with E-state index in [0.717, 1.165) is 22.9 Å². The quantitative estimate of drug-likeness (QED) is 0.627. The molecule has 0 spiro atoms. The summed E-state index contributed by atoms with van der Waals surface area (Å²) in [6, 6.07) is 5.71. The Morgan fingerprint density at radius 3 is 3.00 bits per heavy atom. The van der Waals surface area contributed by atoms with Gasteiger partial charge in [-0.05, 0) is 30.2 Å². The second kappa shape index (κ2) is 7.49. The Morgan fingerprint density at radius 1 is 1.40 bits per heavy atom. The van der Waals surface area contributed by atoms with E-state index in [1.54, 1.807) is 19.5 Å². The molecule has 5 nitrogen and oxygen atoms in total. The van der Waals surface area contributed by atoms with E-state index >= 15 is 0 Å². The minimum absolute atomic E-state index is 0.676. The van der Waals surface area contributed by atoms with Gasteiger partial charge in [-0.25, -0.2) is 4.98 Å². The SMILES string of the molecule is CCCOc1ccc(/C=N\Nc2nccs2)cc1OC. The third-order valence-corrected chi connectivity index (χ3v) is 3.13. The number of hydrogen-bond donors (Lipinski definition) is 1. The van der Waals surface area contributed by atoms with Gasteiger partial charge in [-0.1, -0.05) is 6.92 Å². The Morgan fingerprint density at radius 2 is 2.30 bits per heavy atom. The summed E-state index contributed by atoms with van der Waals surface area (Å²) >= 11 is 1.50. The van der Waals surface area contributed by atoms with Gasteiger partial charge in [0.15, 0.2) is 11.5 Å². The first-order valence-electron chi connectivity index (χ1n) is 6.33. The molecule has 2 rings (SSSR count). The maximum absolute atomic E-state index is 5.60. The number of hydrogen-bond acceptors (Lipinski definition) is 6.